The molecule has 122 valence electrons. The third-order valence-electron chi connectivity index (χ3n) is 3.90. The summed E-state index contributed by atoms with van der Waals surface area (Å²) in [6.07, 6.45) is -2.25. The molecule has 7 heteroatoms. The SMILES string of the molecule is CC(NC1C(NC(=O)OC(C)(C)C)C2CCOC21)C(F)F. The molecule has 1 heterocycles. The van der Waals surface area contributed by atoms with Crippen molar-refractivity contribution in [3.8, 4) is 0 Å². The summed E-state index contributed by atoms with van der Waals surface area (Å²) in [6, 6.07) is -1.47. The van der Waals surface area contributed by atoms with E-state index in [9.17, 15) is 13.6 Å². The Morgan fingerprint density at radius 1 is 1.33 bits per heavy atom. The van der Waals surface area contributed by atoms with Crippen molar-refractivity contribution in [3.05, 3.63) is 0 Å². The predicted molar refractivity (Wildman–Crippen MR) is 73.4 cm³/mol. The van der Waals surface area contributed by atoms with Gasteiger partial charge in [0.15, 0.2) is 0 Å². The fourth-order valence-corrected chi connectivity index (χ4v) is 2.92. The van der Waals surface area contributed by atoms with E-state index in [1.54, 1.807) is 20.8 Å². The Morgan fingerprint density at radius 3 is 2.57 bits per heavy atom. The van der Waals surface area contributed by atoms with Gasteiger partial charge in [-0.15, -0.1) is 0 Å². The normalized spacial score (nSPS) is 33.3. The number of amides is 1. The van der Waals surface area contributed by atoms with Crippen LogP contribution in [0.4, 0.5) is 13.6 Å². The first kappa shape index (κ1) is 16.4. The average Bonchev–Trinajstić information content (AvgIpc) is 2.75. The third-order valence-corrected chi connectivity index (χ3v) is 3.90. The summed E-state index contributed by atoms with van der Waals surface area (Å²) in [6.45, 7) is 7.37. The topological polar surface area (TPSA) is 59.6 Å². The summed E-state index contributed by atoms with van der Waals surface area (Å²) in [5.41, 5.74) is -0.585. The Balaban J connectivity index is 1.94. The zero-order valence-corrected chi connectivity index (χ0v) is 12.9. The monoisotopic (exact) mass is 306 g/mol. The van der Waals surface area contributed by atoms with Gasteiger partial charge in [-0.05, 0) is 34.1 Å². The summed E-state index contributed by atoms with van der Waals surface area (Å²) in [5.74, 6) is 0.167. The van der Waals surface area contributed by atoms with Gasteiger partial charge < -0.3 is 20.1 Å². The van der Waals surface area contributed by atoms with Gasteiger partial charge in [-0.2, -0.15) is 0 Å². The number of alkyl carbamates (subject to hydrolysis) is 1. The van der Waals surface area contributed by atoms with Crippen molar-refractivity contribution < 1.29 is 23.0 Å². The van der Waals surface area contributed by atoms with Crippen molar-refractivity contribution in [1.29, 1.82) is 0 Å². The molecule has 2 rings (SSSR count). The third kappa shape index (κ3) is 3.83. The van der Waals surface area contributed by atoms with Crippen LogP contribution in [-0.4, -0.2) is 49.0 Å². The molecule has 1 saturated carbocycles. The lowest BCUT2D eigenvalue weighted by molar-refractivity contribution is -0.0452. The maximum Gasteiger partial charge on any atom is 0.407 e. The number of hydrogen-bond acceptors (Lipinski definition) is 4. The molecule has 2 aliphatic rings. The molecular formula is C14H24F2N2O3. The second-order valence-corrected chi connectivity index (χ2v) is 6.78. The van der Waals surface area contributed by atoms with Gasteiger partial charge in [0.05, 0.1) is 24.2 Å². The lowest BCUT2D eigenvalue weighted by atomic mass is 9.71. The van der Waals surface area contributed by atoms with Crippen molar-refractivity contribution in [3.63, 3.8) is 0 Å². The number of alkyl halides is 2. The fourth-order valence-electron chi connectivity index (χ4n) is 2.92. The van der Waals surface area contributed by atoms with E-state index >= 15 is 0 Å². The van der Waals surface area contributed by atoms with Gasteiger partial charge in [-0.1, -0.05) is 0 Å². The molecule has 0 aromatic heterocycles. The molecule has 5 unspecified atom stereocenters. The van der Waals surface area contributed by atoms with E-state index in [-0.39, 0.29) is 24.1 Å². The minimum absolute atomic E-state index is 0.105. The Kier molecular flexibility index (Phi) is 4.72. The van der Waals surface area contributed by atoms with Gasteiger partial charge in [-0.3, -0.25) is 0 Å². The Labute approximate surface area is 123 Å². The number of ether oxygens (including phenoxy) is 2. The van der Waals surface area contributed by atoms with E-state index in [1.165, 1.54) is 6.92 Å². The Bertz CT molecular complexity index is 387. The maximum atomic E-state index is 12.7. The first-order valence-corrected chi connectivity index (χ1v) is 7.34. The van der Waals surface area contributed by atoms with Crippen LogP contribution in [0.15, 0.2) is 0 Å². The van der Waals surface area contributed by atoms with Crippen LogP contribution in [0.1, 0.15) is 34.1 Å². The molecule has 1 aliphatic carbocycles. The highest BCUT2D eigenvalue weighted by atomic mass is 19.3. The van der Waals surface area contributed by atoms with Crippen molar-refractivity contribution in [2.75, 3.05) is 6.61 Å². The Morgan fingerprint density at radius 2 is 2.00 bits per heavy atom. The molecule has 0 aromatic rings. The van der Waals surface area contributed by atoms with Crippen LogP contribution in [0.5, 0.6) is 0 Å². The molecule has 2 fully saturated rings. The van der Waals surface area contributed by atoms with Gasteiger partial charge in [0.1, 0.15) is 5.60 Å². The summed E-state index contributed by atoms with van der Waals surface area (Å²) < 4.78 is 36.2. The van der Waals surface area contributed by atoms with Crippen molar-refractivity contribution >= 4 is 6.09 Å². The van der Waals surface area contributed by atoms with Gasteiger partial charge in [0.25, 0.3) is 6.43 Å². The van der Waals surface area contributed by atoms with Crippen molar-refractivity contribution in [1.82, 2.24) is 10.6 Å². The fraction of sp³-hybridized carbons (Fsp3) is 0.929. The molecule has 1 amide bonds. The minimum Gasteiger partial charge on any atom is -0.444 e. The van der Waals surface area contributed by atoms with E-state index in [0.29, 0.717) is 6.61 Å². The van der Waals surface area contributed by atoms with Crippen LogP contribution in [0, 0.1) is 5.92 Å². The number of fused-ring (bicyclic) bond motifs is 1. The van der Waals surface area contributed by atoms with Gasteiger partial charge >= 0.3 is 6.09 Å². The highest BCUT2D eigenvalue weighted by Gasteiger charge is 2.55. The molecule has 2 N–H and O–H groups in total. The second-order valence-electron chi connectivity index (χ2n) is 6.78. The maximum absolute atomic E-state index is 12.7. The van der Waals surface area contributed by atoms with Crippen LogP contribution >= 0.6 is 0 Å². The number of rotatable bonds is 4. The molecule has 5 atom stereocenters. The second kappa shape index (κ2) is 6.04. The van der Waals surface area contributed by atoms with Crippen LogP contribution in [-0.2, 0) is 9.47 Å². The average molecular weight is 306 g/mol. The quantitative estimate of drug-likeness (QED) is 0.833. The molecule has 5 nitrogen and oxygen atoms in total. The number of hydrogen-bond donors (Lipinski definition) is 2. The van der Waals surface area contributed by atoms with Crippen LogP contribution in [0.2, 0.25) is 0 Å². The lowest BCUT2D eigenvalue weighted by Gasteiger charge is -2.48. The standard InChI is InChI=1S/C14H24F2N2O3/c1-7(12(15)16)17-10-9(8-5-6-20-11(8)10)18-13(19)21-14(2,3)4/h7-12,17H,5-6H2,1-4H3,(H,18,19). The van der Waals surface area contributed by atoms with Crippen LogP contribution in [0.25, 0.3) is 0 Å². The molecule has 21 heavy (non-hydrogen) atoms. The van der Waals surface area contributed by atoms with Crippen LogP contribution in [0.3, 0.4) is 0 Å². The number of nitrogens with one attached hydrogen (secondary N) is 2. The van der Waals surface area contributed by atoms with E-state index in [2.05, 4.69) is 10.6 Å². The lowest BCUT2D eigenvalue weighted by Crippen LogP contribution is -2.71. The largest absolute Gasteiger partial charge is 0.444 e. The molecule has 0 aromatic carbocycles. The van der Waals surface area contributed by atoms with Crippen molar-refractivity contribution in [2.24, 2.45) is 5.92 Å². The molecule has 1 saturated heterocycles. The smallest absolute Gasteiger partial charge is 0.407 e. The zero-order valence-electron chi connectivity index (χ0n) is 12.9. The number of carbonyl (C=O) groups excluding carboxylic acids is 1. The molecular weight excluding hydrogens is 282 g/mol. The van der Waals surface area contributed by atoms with Crippen molar-refractivity contribution in [2.45, 2.75) is 70.4 Å². The van der Waals surface area contributed by atoms with Gasteiger partial charge in [-0.25, -0.2) is 13.6 Å². The molecule has 0 spiro atoms. The molecule has 0 radical (unpaired) electrons. The molecule has 1 aliphatic heterocycles. The highest BCUT2D eigenvalue weighted by Crippen LogP contribution is 2.39. The summed E-state index contributed by atoms with van der Waals surface area (Å²) in [7, 11) is 0. The summed E-state index contributed by atoms with van der Waals surface area (Å²) >= 11 is 0. The first-order valence-electron chi connectivity index (χ1n) is 7.34. The predicted octanol–water partition coefficient (Wildman–Crippen LogP) is 1.91. The van der Waals surface area contributed by atoms with E-state index in [1.807, 2.05) is 0 Å². The minimum atomic E-state index is -2.45. The summed E-state index contributed by atoms with van der Waals surface area (Å²) in [4.78, 5) is 11.9. The highest BCUT2D eigenvalue weighted by molar-refractivity contribution is 5.68. The van der Waals surface area contributed by atoms with Crippen LogP contribution < -0.4 is 10.6 Å². The zero-order chi connectivity index (χ0) is 15.8. The van der Waals surface area contributed by atoms with E-state index < -0.39 is 24.2 Å². The van der Waals surface area contributed by atoms with Gasteiger partial charge in [0, 0.05) is 12.5 Å². The first-order chi connectivity index (χ1) is 9.69. The van der Waals surface area contributed by atoms with Gasteiger partial charge in [0.2, 0.25) is 0 Å². The number of carbonyl (C=O) groups is 1. The van der Waals surface area contributed by atoms with E-state index in [4.69, 9.17) is 9.47 Å². The number of halogens is 2. The Hall–Kier alpha value is -0.950. The molecule has 0 bridgehead atoms. The van der Waals surface area contributed by atoms with E-state index in [0.717, 1.165) is 6.42 Å². The summed E-state index contributed by atoms with van der Waals surface area (Å²) in [5, 5.41) is 5.65.